The Hall–Kier alpha value is -1.82. The van der Waals surface area contributed by atoms with Crippen LogP contribution in [0.2, 0.25) is 0 Å². The van der Waals surface area contributed by atoms with Crippen LogP contribution in [0.5, 0.6) is 0 Å². The van der Waals surface area contributed by atoms with Crippen LogP contribution >= 0.6 is 0 Å². The van der Waals surface area contributed by atoms with Gasteiger partial charge in [-0.2, -0.15) is 0 Å². The molecule has 2 rings (SSSR count). The van der Waals surface area contributed by atoms with Gasteiger partial charge in [-0.15, -0.1) is 6.58 Å². The topological polar surface area (TPSA) is 0 Å². The zero-order valence-electron chi connectivity index (χ0n) is 20.6. The molecule has 1 aliphatic carbocycles. The SMILES string of the molecule is C=C(C)C[C@@H](CC(=C)C1CCCCC1)C(=C)C[C@@H](CC)C(=C)C(C)Cc1ccccc1. The molecule has 0 heterocycles. The Morgan fingerprint density at radius 2 is 1.55 bits per heavy atom. The van der Waals surface area contributed by atoms with Crippen LogP contribution in [0.3, 0.4) is 0 Å². The molecule has 0 amide bonds. The second kappa shape index (κ2) is 12.9. The molecule has 0 bridgehead atoms. The Labute approximate surface area is 193 Å². The predicted molar refractivity (Wildman–Crippen MR) is 139 cm³/mol. The van der Waals surface area contributed by atoms with Crippen LogP contribution in [0.4, 0.5) is 0 Å². The van der Waals surface area contributed by atoms with E-state index in [4.69, 9.17) is 0 Å². The van der Waals surface area contributed by atoms with E-state index in [1.807, 2.05) is 0 Å². The minimum Gasteiger partial charge on any atom is -0.100 e. The summed E-state index contributed by atoms with van der Waals surface area (Å²) in [5.41, 5.74) is 6.87. The van der Waals surface area contributed by atoms with Gasteiger partial charge in [0.1, 0.15) is 0 Å². The molecule has 3 atom stereocenters. The van der Waals surface area contributed by atoms with Crippen molar-refractivity contribution in [2.24, 2.45) is 23.7 Å². The molecule has 0 heteroatoms. The molecule has 1 saturated carbocycles. The molecule has 1 fully saturated rings. The first kappa shape index (κ1) is 25.4. The van der Waals surface area contributed by atoms with E-state index in [1.54, 1.807) is 0 Å². The molecular formula is C31H46. The van der Waals surface area contributed by atoms with E-state index in [9.17, 15) is 0 Å². The summed E-state index contributed by atoms with van der Waals surface area (Å²) in [6, 6.07) is 10.8. The lowest BCUT2D eigenvalue weighted by atomic mass is 9.75. The molecule has 0 N–H and O–H groups in total. The van der Waals surface area contributed by atoms with Crippen molar-refractivity contribution in [2.45, 2.75) is 85.0 Å². The molecule has 1 unspecified atom stereocenters. The fourth-order valence-corrected chi connectivity index (χ4v) is 5.30. The molecule has 0 aromatic heterocycles. The lowest BCUT2D eigenvalue weighted by Gasteiger charge is -2.30. The zero-order valence-corrected chi connectivity index (χ0v) is 20.6. The van der Waals surface area contributed by atoms with Gasteiger partial charge in [-0.3, -0.25) is 0 Å². The molecule has 0 radical (unpaired) electrons. The second-order valence-electron chi connectivity index (χ2n) is 10.2. The number of rotatable bonds is 13. The average Bonchev–Trinajstić information content (AvgIpc) is 2.77. The summed E-state index contributed by atoms with van der Waals surface area (Å²) in [5, 5.41) is 0. The van der Waals surface area contributed by atoms with Gasteiger partial charge < -0.3 is 0 Å². The Balaban J connectivity index is 2.00. The number of allylic oxidation sites excluding steroid dienone is 4. The van der Waals surface area contributed by atoms with Crippen LogP contribution in [0.1, 0.15) is 84.1 Å². The van der Waals surface area contributed by atoms with Crippen LogP contribution in [-0.2, 0) is 6.42 Å². The highest BCUT2D eigenvalue weighted by molar-refractivity contribution is 5.20. The van der Waals surface area contributed by atoms with Crippen LogP contribution in [0.15, 0.2) is 78.9 Å². The van der Waals surface area contributed by atoms with Gasteiger partial charge in [0.25, 0.3) is 0 Å². The Bertz CT molecular complexity index is 729. The fraction of sp³-hybridized carbons (Fsp3) is 0.548. The smallest absolute Gasteiger partial charge is 0.0131 e. The largest absolute Gasteiger partial charge is 0.100 e. The standard InChI is InChI=1S/C31H46/c1-8-29(27(7)24(4)20-28-15-11-9-12-16-28)21-26(6)31(19-23(2)3)22-25(5)30-17-13-10-14-18-30/h9,11-12,15-16,24,29-31H,2,5-8,10,13-14,17-22H2,1,3-4H3/t24?,29-,31+/m1/s1. The van der Waals surface area contributed by atoms with Crippen molar-refractivity contribution in [1.29, 1.82) is 0 Å². The van der Waals surface area contributed by atoms with Crippen molar-refractivity contribution in [2.75, 3.05) is 0 Å². The first-order chi connectivity index (χ1) is 14.8. The van der Waals surface area contributed by atoms with Crippen LogP contribution < -0.4 is 0 Å². The highest BCUT2D eigenvalue weighted by Gasteiger charge is 2.24. The highest BCUT2D eigenvalue weighted by atomic mass is 14.3. The van der Waals surface area contributed by atoms with E-state index in [0.29, 0.717) is 17.8 Å². The van der Waals surface area contributed by atoms with Gasteiger partial charge in [-0.05, 0) is 81.1 Å². The van der Waals surface area contributed by atoms with Crippen molar-refractivity contribution in [3.63, 3.8) is 0 Å². The van der Waals surface area contributed by atoms with E-state index < -0.39 is 0 Å². The van der Waals surface area contributed by atoms with Gasteiger partial charge in [-0.1, -0.05) is 105 Å². The van der Waals surface area contributed by atoms with E-state index in [2.05, 4.69) is 77.4 Å². The molecule has 0 saturated heterocycles. The Morgan fingerprint density at radius 1 is 0.903 bits per heavy atom. The first-order valence-corrected chi connectivity index (χ1v) is 12.5. The van der Waals surface area contributed by atoms with E-state index in [-0.39, 0.29) is 0 Å². The maximum absolute atomic E-state index is 4.60. The summed E-state index contributed by atoms with van der Waals surface area (Å²) < 4.78 is 0. The third-order valence-electron chi connectivity index (χ3n) is 7.41. The average molecular weight is 419 g/mol. The predicted octanol–water partition coefficient (Wildman–Crippen LogP) is 9.50. The molecular weight excluding hydrogens is 372 g/mol. The number of hydrogen-bond acceptors (Lipinski definition) is 0. The van der Waals surface area contributed by atoms with Gasteiger partial charge in [0, 0.05) is 0 Å². The monoisotopic (exact) mass is 418 g/mol. The number of hydrogen-bond donors (Lipinski definition) is 0. The summed E-state index contributed by atoms with van der Waals surface area (Å²) in [7, 11) is 0. The van der Waals surface area contributed by atoms with Crippen molar-refractivity contribution >= 4 is 0 Å². The van der Waals surface area contributed by atoms with E-state index >= 15 is 0 Å². The summed E-state index contributed by atoms with van der Waals surface area (Å²) in [5.74, 6) is 2.17. The summed E-state index contributed by atoms with van der Waals surface area (Å²) in [4.78, 5) is 0. The van der Waals surface area contributed by atoms with Crippen molar-refractivity contribution in [3.8, 4) is 0 Å². The summed E-state index contributed by atoms with van der Waals surface area (Å²) in [6.07, 6.45) is 12.1. The Morgan fingerprint density at radius 3 is 2.13 bits per heavy atom. The quantitative estimate of drug-likeness (QED) is 0.280. The maximum Gasteiger partial charge on any atom is -0.0131 e. The van der Waals surface area contributed by atoms with Crippen LogP contribution in [-0.4, -0.2) is 0 Å². The second-order valence-corrected chi connectivity index (χ2v) is 10.2. The molecule has 31 heavy (non-hydrogen) atoms. The first-order valence-electron chi connectivity index (χ1n) is 12.5. The highest BCUT2D eigenvalue weighted by Crippen LogP contribution is 2.38. The summed E-state index contributed by atoms with van der Waals surface area (Å²) >= 11 is 0. The minimum atomic E-state index is 0.471. The molecule has 1 aromatic carbocycles. The zero-order chi connectivity index (χ0) is 22.8. The van der Waals surface area contributed by atoms with Crippen molar-refractivity contribution in [1.82, 2.24) is 0 Å². The lowest BCUT2D eigenvalue weighted by molar-refractivity contribution is 0.382. The number of benzene rings is 1. The molecule has 0 nitrogen and oxygen atoms in total. The molecule has 1 aromatic rings. The van der Waals surface area contributed by atoms with E-state index in [1.165, 1.54) is 60.0 Å². The van der Waals surface area contributed by atoms with Crippen LogP contribution in [0.25, 0.3) is 0 Å². The molecule has 1 aliphatic rings. The lowest BCUT2D eigenvalue weighted by Crippen LogP contribution is -2.17. The van der Waals surface area contributed by atoms with Gasteiger partial charge in [0.05, 0.1) is 0 Å². The Kier molecular flexibility index (Phi) is 10.6. The van der Waals surface area contributed by atoms with Gasteiger partial charge in [0.2, 0.25) is 0 Å². The minimum absolute atomic E-state index is 0.471. The normalized spacial score (nSPS) is 17.5. The third kappa shape index (κ3) is 8.32. The van der Waals surface area contributed by atoms with Crippen molar-refractivity contribution < 1.29 is 0 Å². The summed E-state index contributed by atoms with van der Waals surface area (Å²) in [6.45, 7) is 24.7. The third-order valence-corrected chi connectivity index (χ3v) is 7.41. The fourth-order valence-electron chi connectivity index (χ4n) is 5.30. The van der Waals surface area contributed by atoms with E-state index in [0.717, 1.165) is 38.0 Å². The van der Waals surface area contributed by atoms with Gasteiger partial charge in [-0.25, -0.2) is 0 Å². The molecule has 0 aliphatic heterocycles. The maximum atomic E-state index is 4.60. The molecule has 0 spiro atoms. The van der Waals surface area contributed by atoms with Gasteiger partial charge >= 0.3 is 0 Å². The van der Waals surface area contributed by atoms with Crippen molar-refractivity contribution in [3.05, 3.63) is 84.5 Å². The molecule has 170 valence electrons. The van der Waals surface area contributed by atoms with Crippen LogP contribution in [0, 0.1) is 23.7 Å². The van der Waals surface area contributed by atoms with Gasteiger partial charge in [0.15, 0.2) is 0 Å².